The van der Waals surface area contributed by atoms with Crippen LogP contribution in [0.5, 0.6) is 0 Å². The molecule has 3 heterocycles. The van der Waals surface area contributed by atoms with Crippen molar-refractivity contribution in [3.05, 3.63) is 53.9 Å². The van der Waals surface area contributed by atoms with Crippen LogP contribution in [0.1, 0.15) is 17.5 Å². The van der Waals surface area contributed by atoms with E-state index in [1.165, 1.54) is 11.1 Å². The number of hydrogen-bond donors (Lipinski definition) is 0. The van der Waals surface area contributed by atoms with Gasteiger partial charge in [-0.05, 0) is 30.0 Å². The quantitative estimate of drug-likeness (QED) is 0.836. The van der Waals surface area contributed by atoms with Crippen molar-refractivity contribution in [3.8, 4) is 0 Å². The standard InChI is InChI=1S/C20H26N4O2/c25-20(16-22-11-7-17-5-1-2-6-18(17)13-22)23-9-4-12-26-19(14-23)15-24-10-3-8-21-24/h1-3,5-6,8,10,19H,4,7,9,11-16H2/t19-/m0/s1. The second kappa shape index (κ2) is 8.01. The van der Waals surface area contributed by atoms with Crippen LogP contribution in [0.3, 0.4) is 0 Å². The normalized spacial score (nSPS) is 21.2. The van der Waals surface area contributed by atoms with Crippen molar-refractivity contribution in [3.63, 3.8) is 0 Å². The van der Waals surface area contributed by atoms with E-state index in [-0.39, 0.29) is 12.0 Å². The molecule has 2 aromatic rings. The molecule has 2 aliphatic heterocycles. The fourth-order valence-corrected chi connectivity index (χ4v) is 3.83. The third-order valence-corrected chi connectivity index (χ3v) is 5.22. The minimum Gasteiger partial charge on any atom is -0.374 e. The SMILES string of the molecule is O=C(CN1CCc2ccccc2C1)N1CCCO[C@H](Cn2cccn2)C1. The second-order valence-electron chi connectivity index (χ2n) is 7.14. The van der Waals surface area contributed by atoms with E-state index < -0.39 is 0 Å². The van der Waals surface area contributed by atoms with Crippen LogP contribution in [0.4, 0.5) is 0 Å². The Morgan fingerprint density at radius 2 is 2.08 bits per heavy atom. The maximum Gasteiger partial charge on any atom is 0.236 e. The van der Waals surface area contributed by atoms with Crippen LogP contribution in [-0.2, 0) is 29.0 Å². The molecule has 1 atom stereocenters. The van der Waals surface area contributed by atoms with Gasteiger partial charge in [0.1, 0.15) is 0 Å². The van der Waals surface area contributed by atoms with Gasteiger partial charge in [-0.15, -0.1) is 0 Å². The fourth-order valence-electron chi connectivity index (χ4n) is 3.83. The molecule has 4 rings (SSSR count). The fraction of sp³-hybridized carbons (Fsp3) is 0.500. The molecule has 0 bridgehead atoms. The van der Waals surface area contributed by atoms with E-state index in [1.54, 1.807) is 6.20 Å². The molecule has 26 heavy (non-hydrogen) atoms. The molecular formula is C20H26N4O2. The van der Waals surface area contributed by atoms with Crippen molar-refractivity contribution in [2.45, 2.75) is 32.0 Å². The number of carbonyl (C=O) groups excluding carboxylic acids is 1. The van der Waals surface area contributed by atoms with Gasteiger partial charge in [-0.1, -0.05) is 24.3 Å². The van der Waals surface area contributed by atoms with Crippen LogP contribution in [0.15, 0.2) is 42.7 Å². The number of ether oxygens (including phenoxy) is 1. The van der Waals surface area contributed by atoms with Crippen LogP contribution in [0.2, 0.25) is 0 Å². The first-order chi connectivity index (χ1) is 12.8. The molecule has 1 amide bonds. The summed E-state index contributed by atoms with van der Waals surface area (Å²) < 4.78 is 7.80. The number of hydrogen-bond acceptors (Lipinski definition) is 4. The van der Waals surface area contributed by atoms with E-state index in [0.717, 1.165) is 32.5 Å². The van der Waals surface area contributed by atoms with E-state index in [1.807, 2.05) is 21.8 Å². The average Bonchev–Trinajstić information content (AvgIpc) is 3.05. The molecule has 0 aliphatic carbocycles. The molecule has 138 valence electrons. The highest BCUT2D eigenvalue weighted by molar-refractivity contribution is 5.78. The summed E-state index contributed by atoms with van der Waals surface area (Å²) in [5.74, 6) is 0.209. The van der Waals surface area contributed by atoms with Gasteiger partial charge in [-0.25, -0.2) is 0 Å². The average molecular weight is 354 g/mol. The number of nitrogens with zero attached hydrogens (tertiary/aromatic N) is 4. The summed E-state index contributed by atoms with van der Waals surface area (Å²) in [5.41, 5.74) is 2.76. The topological polar surface area (TPSA) is 50.6 Å². The summed E-state index contributed by atoms with van der Waals surface area (Å²) in [4.78, 5) is 17.1. The van der Waals surface area contributed by atoms with Gasteiger partial charge in [0.25, 0.3) is 0 Å². The monoisotopic (exact) mass is 354 g/mol. The molecule has 0 radical (unpaired) electrons. The van der Waals surface area contributed by atoms with Gasteiger partial charge >= 0.3 is 0 Å². The molecule has 1 fully saturated rings. The lowest BCUT2D eigenvalue weighted by molar-refractivity contribution is -0.133. The first-order valence-electron chi connectivity index (χ1n) is 9.44. The maximum absolute atomic E-state index is 12.9. The molecule has 6 nitrogen and oxygen atoms in total. The maximum atomic E-state index is 12.9. The Morgan fingerprint density at radius 3 is 2.92 bits per heavy atom. The molecule has 0 unspecified atom stereocenters. The third kappa shape index (κ3) is 4.14. The van der Waals surface area contributed by atoms with E-state index in [9.17, 15) is 4.79 Å². The number of carbonyl (C=O) groups is 1. The van der Waals surface area contributed by atoms with Crippen molar-refractivity contribution < 1.29 is 9.53 Å². The molecule has 0 saturated carbocycles. The Labute approximate surface area is 154 Å². The number of aromatic nitrogens is 2. The Hall–Kier alpha value is -2.18. The van der Waals surface area contributed by atoms with E-state index in [4.69, 9.17) is 4.74 Å². The number of amides is 1. The predicted molar refractivity (Wildman–Crippen MR) is 98.6 cm³/mol. The van der Waals surface area contributed by atoms with Gasteiger partial charge in [0.15, 0.2) is 0 Å². The zero-order valence-corrected chi connectivity index (χ0v) is 15.1. The molecule has 0 spiro atoms. The minimum absolute atomic E-state index is 0.00318. The molecule has 1 aromatic carbocycles. The zero-order valence-electron chi connectivity index (χ0n) is 15.1. The lowest BCUT2D eigenvalue weighted by Gasteiger charge is -2.31. The molecule has 0 N–H and O–H groups in total. The number of rotatable bonds is 4. The molecule has 2 aliphatic rings. The lowest BCUT2D eigenvalue weighted by atomic mass is 10.00. The van der Waals surface area contributed by atoms with E-state index in [0.29, 0.717) is 26.2 Å². The van der Waals surface area contributed by atoms with Crippen LogP contribution in [-0.4, -0.2) is 64.4 Å². The van der Waals surface area contributed by atoms with Crippen LogP contribution >= 0.6 is 0 Å². The summed E-state index contributed by atoms with van der Waals surface area (Å²) in [6.07, 6.45) is 5.63. The molecule has 6 heteroatoms. The van der Waals surface area contributed by atoms with Gasteiger partial charge in [0.05, 0.1) is 19.2 Å². The summed E-state index contributed by atoms with van der Waals surface area (Å²) in [6, 6.07) is 10.5. The van der Waals surface area contributed by atoms with E-state index in [2.05, 4.69) is 34.3 Å². The summed E-state index contributed by atoms with van der Waals surface area (Å²) in [5, 5.41) is 4.25. The summed E-state index contributed by atoms with van der Waals surface area (Å²) in [7, 11) is 0. The highest BCUT2D eigenvalue weighted by atomic mass is 16.5. The van der Waals surface area contributed by atoms with Crippen molar-refractivity contribution >= 4 is 5.91 Å². The molecule has 1 aromatic heterocycles. The first kappa shape index (κ1) is 17.2. The summed E-state index contributed by atoms with van der Waals surface area (Å²) in [6.45, 7) is 5.11. The van der Waals surface area contributed by atoms with Crippen molar-refractivity contribution in [1.82, 2.24) is 19.6 Å². The third-order valence-electron chi connectivity index (χ3n) is 5.22. The Kier molecular flexibility index (Phi) is 5.32. The lowest BCUT2D eigenvalue weighted by Crippen LogP contribution is -2.45. The Balaban J connectivity index is 1.34. The van der Waals surface area contributed by atoms with Gasteiger partial charge in [0, 0.05) is 45.2 Å². The van der Waals surface area contributed by atoms with Crippen LogP contribution in [0.25, 0.3) is 0 Å². The van der Waals surface area contributed by atoms with Crippen LogP contribution < -0.4 is 0 Å². The first-order valence-corrected chi connectivity index (χ1v) is 9.44. The highest BCUT2D eigenvalue weighted by Crippen LogP contribution is 2.18. The molecule has 1 saturated heterocycles. The van der Waals surface area contributed by atoms with Gasteiger partial charge in [-0.2, -0.15) is 5.10 Å². The number of benzene rings is 1. The zero-order chi connectivity index (χ0) is 17.8. The Bertz CT molecular complexity index is 731. The van der Waals surface area contributed by atoms with Crippen LogP contribution in [0, 0.1) is 0 Å². The van der Waals surface area contributed by atoms with Gasteiger partial charge < -0.3 is 9.64 Å². The number of fused-ring (bicyclic) bond motifs is 1. The minimum atomic E-state index is 0.00318. The second-order valence-corrected chi connectivity index (χ2v) is 7.14. The predicted octanol–water partition coefficient (Wildman–Crippen LogP) is 1.56. The van der Waals surface area contributed by atoms with Gasteiger partial charge in [0.2, 0.25) is 5.91 Å². The largest absolute Gasteiger partial charge is 0.374 e. The summed E-state index contributed by atoms with van der Waals surface area (Å²) >= 11 is 0. The highest BCUT2D eigenvalue weighted by Gasteiger charge is 2.25. The Morgan fingerprint density at radius 1 is 1.19 bits per heavy atom. The van der Waals surface area contributed by atoms with Crippen molar-refractivity contribution in [2.75, 3.05) is 32.8 Å². The van der Waals surface area contributed by atoms with Crippen molar-refractivity contribution in [1.29, 1.82) is 0 Å². The molecular weight excluding hydrogens is 328 g/mol. The van der Waals surface area contributed by atoms with Crippen molar-refractivity contribution in [2.24, 2.45) is 0 Å². The van der Waals surface area contributed by atoms with Gasteiger partial charge in [-0.3, -0.25) is 14.4 Å². The van der Waals surface area contributed by atoms with E-state index >= 15 is 0 Å². The smallest absolute Gasteiger partial charge is 0.236 e.